The van der Waals surface area contributed by atoms with Crippen molar-refractivity contribution in [2.75, 3.05) is 51.0 Å². The fourth-order valence-electron chi connectivity index (χ4n) is 3.75. The van der Waals surface area contributed by atoms with Crippen molar-refractivity contribution in [1.82, 2.24) is 8.61 Å². The SMILES string of the molecule is COc1ccc(NC(C)=O)cc1S(=O)(=O)N1CCN(S(=O)(=O)c2cc(NC(C)=O)ccc2OC)CC1. The molecule has 3 rings (SSSR count). The molecule has 0 bridgehead atoms. The Balaban J connectivity index is 1.85. The number of ether oxygens (including phenoxy) is 2. The summed E-state index contributed by atoms with van der Waals surface area (Å²) in [6.07, 6.45) is 0. The number of nitrogens with one attached hydrogen (secondary N) is 2. The van der Waals surface area contributed by atoms with E-state index in [1.807, 2.05) is 0 Å². The van der Waals surface area contributed by atoms with Crippen LogP contribution in [0.5, 0.6) is 11.5 Å². The van der Waals surface area contributed by atoms with Gasteiger partial charge in [-0.1, -0.05) is 0 Å². The number of nitrogens with zero attached hydrogens (tertiary/aromatic N) is 2. The lowest BCUT2D eigenvalue weighted by molar-refractivity contribution is -0.115. The van der Waals surface area contributed by atoms with Crippen molar-refractivity contribution in [2.45, 2.75) is 23.6 Å². The molecule has 12 nitrogen and oxygen atoms in total. The number of hydrogen-bond donors (Lipinski definition) is 2. The molecule has 0 saturated carbocycles. The molecule has 0 unspecified atom stereocenters. The Labute approximate surface area is 210 Å². The highest BCUT2D eigenvalue weighted by Crippen LogP contribution is 2.33. The predicted molar refractivity (Wildman–Crippen MR) is 132 cm³/mol. The number of piperazine rings is 1. The molecule has 1 saturated heterocycles. The first-order chi connectivity index (χ1) is 16.9. The largest absolute Gasteiger partial charge is 0.495 e. The Morgan fingerprint density at radius 2 is 1.03 bits per heavy atom. The summed E-state index contributed by atoms with van der Waals surface area (Å²) in [5.41, 5.74) is 0.573. The molecule has 2 aromatic carbocycles. The second-order valence-corrected chi connectivity index (χ2v) is 11.7. The zero-order valence-electron chi connectivity index (χ0n) is 20.3. The number of carbonyl (C=O) groups excluding carboxylic acids is 2. The van der Waals surface area contributed by atoms with Crippen LogP contribution in [0.4, 0.5) is 11.4 Å². The highest BCUT2D eigenvalue weighted by molar-refractivity contribution is 7.89. The standard InChI is InChI=1S/C22H28N4O8S2/c1-15(27)23-17-5-7-19(33-3)21(13-17)35(29,30)25-9-11-26(12-10-25)36(31,32)22-14-18(24-16(2)28)6-8-20(22)34-4/h5-8,13-14H,9-12H2,1-4H3,(H,23,27)(H,24,28). The van der Waals surface area contributed by atoms with E-state index in [1.165, 1.54) is 73.1 Å². The minimum absolute atomic E-state index is 0.0960. The monoisotopic (exact) mass is 540 g/mol. The number of carbonyl (C=O) groups is 2. The highest BCUT2D eigenvalue weighted by atomic mass is 32.2. The maximum atomic E-state index is 13.4. The third kappa shape index (κ3) is 5.78. The fraction of sp³-hybridized carbons (Fsp3) is 0.364. The van der Waals surface area contributed by atoms with Crippen LogP contribution in [0.25, 0.3) is 0 Å². The van der Waals surface area contributed by atoms with Gasteiger partial charge in [-0.3, -0.25) is 9.59 Å². The summed E-state index contributed by atoms with van der Waals surface area (Å²) >= 11 is 0. The highest BCUT2D eigenvalue weighted by Gasteiger charge is 2.36. The van der Waals surface area contributed by atoms with E-state index < -0.39 is 20.0 Å². The predicted octanol–water partition coefficient (Wildman–Crippen LogP) is 1.32. The Morgan fingerprint density at radius 1 is 0.694 bits per heavy atom. The number of methoxy groups -OCH3 is 2. The summed E-state index contributed by atoms with van der Waals surface area (Å²) in [5.74, 6) is -0.530. The summed E-state index contributed by atoms with van der Waals surface area (Å²) in [6.45, 7) is 2.18. The van der Waals surface area contributed by atoms with Gasteiger partial charge in [-0.05, 0) is 36.4 Å². The molecule has 1 aliphatic rings. The first kappa shape index (κ1) is 27.4. The minimum atomic E-state index is -4.07. The van der Waals surface area contributed by atoms with Gasteiger partial charge in [0.15, 0.2) is 0 Å². The molecular formula is C22H28N4O8S2. The molecule has 0 aliphatic carbocycles. The molecule has 0 aromatic heterocycles. The van der Waals surface area contributed by atoms with Gasteiger partial charge in [0, 0.05) is 51.4 Å². The van der Waals surface area contributed by atoms with Gasteiger partial charge < -0.3 is 20.1 Å². The van der Waals surface area contributed by atoms with Crippen LogP contribution in [0.15, 0.2) is 46.2 Å². The third-order valence-electron chi connectivity index (χ3n) is 5.40. The van der Waals surface area contributed by atoms with Crippen molar-refractivity contribution >= 4 is 43.2 Å². The maximum absolute atomic E-state index is 13.4. The van der Waals surface area contributed by atoms with Crippen molar-refractivity contribution in [1.29, 1.82) is 0 Å². The fourth-order valence-corrected chi connectivity index (χ4v) is 6.95. The molecular weight excluding hydrogens is 512 g/mol. The Hall–Kier alpha value is -3.20. The van der Waals surface area contributed by atoms with Crippen LogP contribution in [-0.4, -0.2) is 77.7 Å². The van der Waals surface area contributed by atoms with E-state index in [1.54, 1.807) is 0 Å². The van der Waals surface area contributed by atoms with Gasteiger partial charge in [-0.25, -0.2) is 16.8 Å². The molecule has 1 fully saturated rings. The zero-order valence-corrected chi connectivity index (χ0v) is 21.9. The Morgan fingerprint density at radius 3 is 1.31 bits per heavy atom. The molecule has 0 atom stereocenters. The number of rotatable bonds is 8. The average molecular weight is 541 g/mol. The lowest BCUT2D eigenvalue weighted by Crippen LogP contribution is -2.50. The first-order valence-corrected chi connectivity index (χ1v) is 13.7. The van der Waals surface area contributed by atoms with Gasteiger partial charge in [0.05, 0.1) is 14.2 Å². The second-order valence-electron chi connectivity index (χ2n) is 7.90. The lowest BCUT2D eigenvalue weighted by atomic mass is 10.3. The van der Waals surface area contributed by atoms with Gasteiger partial charge in [-0.2, -0.15) is 8.61 Å². The van der Waals surface area contributed by atoms with E-state index in [-0.39, 0.29) is 70.7 Å². The summed E-state index contributed by atoms with van der Waals surface area (Å²) in [6, 6.07) is 8.52. The zero-order chi connectivity index (χ0) is 26.7. The summed E-state index contributed by atoms with van der Waals surface area (Å²) in [4.78, 5) is 22.5. The molecule has 36 heavy (non-hydrogen) atoms. The molecule has 0 radical (unpaired) electrons. The second kappa shape index (κ2) is 10.8. The summed E-state index contributed by atoms with van der Waals surface area (Å²) in [5, 5.41) is 5.08. The van der Waals surface area contributed by atoms with Gasteiger partial charge in [0.2, 0.25) is 31.9 Å². The topological polar surface area (TPSA) is 151 Å². The smallest absolute Gasteiger partial charge is 0.246 e. The maximum Gasteiger partial charge on any atom is 0.246 e. The number of benzene rings is 2. The van der Waals surface area contributed by atoms with E-state index in [2.05, 4.69) is 10.6 Å². The number of hydrogen-bond acceptors (Lipinski definition) is 8. The molecule has 0 spiro atoms. The van der Waals surface area contributed by atoms with E-state index in [4.69, 9.17) is 9.47 Å². The van der Waals surface area contributed by atoms with Gasteiger partial charge in [0.1, 0.15) is 21.3 Å². The van der Waals surface area contributed by atoms with Crippen LogP contribution in [0.1, 0.15) is 13.8 Å². The van der Waals surface area contributed by atoms with Crippen LogP contribution < -0.4 is 20.1 Å². The van der Waals surface area contributed by atoms with Crippen LogP contribution >= 0.6 is 0 Å². The molecule has 14 heteroatoms. The lowest BCUT2D eigenvalue weighted by Gasteiger charge is -2.33. The van der Waals surface area contributed by atoms with Crippen LogP contribution in [0.2, 0.25) is 0 Å². The summed E-state index contributed by atoms with van der Waals surface area (Å²) in [7, 11) is -5.47. The summed E-state index contributed by atoms with van der Waals surface area (Å²) < 4.78 is 66.3. The van der Waals surface area contributed by atoms with Crippen LogP contribution in [0.3, 0.4) is 0 Å². The Kier molecular flexibility index (Phi) is 8.23. The average Bonchev–Trinajstić information content (AvgIpc) is 2.83. The van der Waals surface area contributed by atoms with E-state index in [0.717, 1.165) is 0 Å². The molecule has 1 heterocycles. The van der Waals surface area contributed by atoms with E-state index in [0.29, 0.717) is 0 Å². The first-order valence-electron chi connectivity index (χ1n) is 10.8. The number of anilines is 2. The molecule has 2 aromatic rings. The van der Waals surface area contributed by atoms with Gasteiger partial charge in [0.25, 0.3) is 0 Å². The quantitative estimate of drug-likeness (QED) is 0.509. The van der Waals surface area contributed by atoms with Crippen molar-refractivity contribution in [2.24, 2.45) is 0 Å². The van der Waals surface area contributed by atoms with E-state index >= 15 is 0 Å². The molecule has 196 valence electrons. The van der Waals surface area contributed by atoms with Crippen molar-refractivity contribution < 1.29 is 35.9 Å². The molecule has 2 N–H and O–H groups in total. The third-order valence-corrected chi connectivity index (χ3v) is 9.24. The van der Waals surface area contributed by atoms with Crippen molar-refractivity contribution in [3.63, 3.8) is 0 Å². The van der Waals surface area contributed by atoms with Crippen molar-refractivity contribution in [3.05, 3.63) is 36.4 Å². The van der Waals surface area contributed by atoms with Gasteiger partial charge in [-0.15, -0.1) is 0 Å². The normalized spacial score (nSPS) is 15.2. The number of amides is 2. The van der Waals surface area contributed by atoms with Crippen molar-refractivity contribution in [3.8, 4) is 11.5 Å². The van der Waals surface area contributed by atoms with Crippen LogP contribution in [0, 0.1) is 0 Å². The van der Waals surface area contributed by atoms with Gasteiger partial charge >= 0.3 is 0 Å². The molecule has 2 amide bonds. The van der Waals surface area contributed by atoms with E-state index in [9.17, 15) is 26.4 Å². The Bertz CT molecular complexity index is 1260. The minimum Gasteiger partial charge on any atom is -0.495 e. The number of sulfonamides is 2. The van der Waals surface area contributed by atoms with Crippen LogP contribution in [-0.2, 0) is 29.6 Å². The molecule has 1 aliphatic heterocycles.